The third-order valence-electron chi connectivity index (χ3n) is 2.56. The van der Waals surface area contributed by atoms with Gasteiger partial charge in [0.25, 0.3) is 0 Å². The number of nitriles is 1. The smallest absolute Gasteiger partial charge is 0.144 e. The standard InChI is InChI=1S/C13H17N3/c1-13(2,3)7-10-6-11(8-14)16-12(15-10)9-4-5-9/h6,9H,4-5,7H2,1-3H3. The molecule has 16 heavy (non-hydrogen) atoms. The number of nitrogens with zero attached hydrogens (tertiary/aromatic N) is 3. The fraction of sp³-hybridized carbons (Fsp3) is 0.615. The highest BCUT2D eigenvalue weighted by Gasteiger charge is 2.27. The van der Waals surface area contributed by atoms with Gasteiger partial charge >= 0.3 is 0 Å². The molecular weight excluding hydrogens is 198 g/mol. The highest BCUT2D eigenvalue weighted by Crippen LogP contribution is 2.38. The SMILES string of the molecule is CC(C)(C)Cc1cc(C#N)nc(C2CC2)n1. The lowest BCUT2D eigenvalue weighted by Gasteiger charge is -2.17. The number of aromatic nitrogens is 2. The first kappa shape index (κ1) is 11.1. The van der Waals surface area contributed by atoms with Gasteiger partial charge in [-0.2, -0.15) is 5.26 Å². The second-order valence-corrected chi connectivity index (χ2v) is 5.73. The fourth-order valence-corrected chi connectivity index (χ4v) is 1.73. The fourth-order valence-electron chi connectivity index (χ4n) is 1.73. The molecule has 0 spiro atoms. The maximum absolute atomic E-state index is 8.95. The van der Waals surface area contributed by atoms with Crippen LogP contribution in [0.5, 0.6) is 0 Å². The molecule has 3 nitrogen and oxygen atoms in total. The maximum atomic E-state index is 8.95. The van der Waals surface area contributed by atoms with Crippen LogP contribution in [0.4, 0.5) is 0 Å². The van der Waals surface area contributed by atoms with Crippen LogP contribution in [0.2, 0.25) is 0 Å². The van der Waals surface area contributed by atoms with Crippen molar-refractivity contribution in [2.45, 2.75) is 46.0 Å². The Morgan fingerprint density at radius 2 is 2.06 bits per heavy atom. The molecule has 0 bridgehead atoms. The van der Waals surface area contributed by atoms with Crippen LogP contribution in [-0.2, 0) is 6.42 Å². The summed E-state index contributed by atoms with van der Waals surface area (Å²) in [5.41, 5.74) is 1.71. The van der Waals surface area contributed by atoms with Gasteiger partial charge < -0.3 is 0 Å². The average molecular weight is 215 g/mol. The molecule has 0 aliphatic heterocycles. The lowest BCUT2D eigenvalue weighted by Crippen LogP contribution is -2.12. The summed E-state index contributed by atoms with van der Waals surface area (Å²) in [4.78, 5) is 8.84. The highest BCUT2D eigenvalue weighted by atomic mass is 14.9. The van der Waals surface area contributed by atoms with Crippen molar-refractivity contribution in [1.82, 2.24) is 9.97 Å². The quantitative estimate of drug-likeness (QED) is 0.762. The Morgan fingerprint density at radius 1 is 1.38 bits per heavy atom. The second-order valence-electron chi connectivity index (χ2n) is 5.73. The van der Waals surface area contributed by atoms with E-state index < -0.39 is 0 Å². The molecule has 0 atom stereocenters. The predicted octanol–water partition coefficient (Wildman–Crippen LogP) is 2.81. The summed E-state index contributed by atoms with van der Waals surface area (Å²) in [6, 6.07) is 3.94. The molecule has 0 unspecified atom stereocenters. The van der Waals surface area contributed by atoms with Crippen molar-refractivity contribution in [3.05, 3.63) is 23.3 Å². The van der Waals surface area contributed by atoms with E-state index in [1.165, 1.54) is 12.8 Å². The Balaban J connectivity index is 2.30. The molecule has 0 N–H and O–H groups in total. The molecule has 1 aromatic heterocycles. The Morgan fingerprint density at radius 3 is 2.56 bits per heavy atom. The van der Waals surface area contributed by atoms with Gasteiger partial charge in [0.15, 0.2) is 0 Å². The van der Waals surface area contributed by atoms with Crippen LogP contribution in [0, 0.1) is 16.7 Å². The van der Waals surface area contributed by atoms with Crippen molar-refractivity contribution in [2.24, 2.45) is 5.41 Å². The van der Waals surface area contributed by atoms with Crippen LogP contribution in [0.25, 0.3) is 0 Å². The summed E-state index contributed by atoms with van der Waals surface area (Å²) in [5.74, 6) is 1.38. The maximum Gasteiger partial charge on any atom is 0.144 e. The largest absolute Gasteiger partial charge is 0.238 e. The van der Waals surface area contributed by atoms with E-state index >= 15 is 0 Å². The van der Waals surface area contributed by atoms with Gasteiger partial charge in [0, 0.05) is 11.6 Å². The van der Waals surface area contributed by atoms with E-state index in [-0.39, 0.29) is 5.41 Å². The minimum absolute atomic E-state index is 0.196. The van der Waals surface area contributed by atoms with Crippen LogP contribution in [0.1, 0.15) is 56.7 Å². The summed E-state index contributed by atoms with van der Waals surface area (Å²) in [6.45, 7) is 6.54. The summed E-state index contributed by atoms with van der Waals surface area (Å²) >= 11 is 0. The lowest BCUT2D eigenvalue weighted by molar-refractivity contribution is 0.405. The van der Waals surface area contributed by atoms with Crippen LogP contribution in [-0.4, -0.2) is 9.97 Å². The minimum Gasteiger partial charge on any atom is -0.238 e. The highest BCUT2D eigenvalue weighted by molar-refractivity contribution is 5.25. The van der Waals surface area contributed by atoms with Crippen LogP contribution < -0.4 is 0 Å². The van der Waals surface area contributed by atoms with E-state index in [4.69, 9.17) is 5.26 Å². The molecule has 0 amide bonds. The summed E-state index contributed by atoms with van der Waals surface area (Å²) in [6.07, 6.45) is 3.23. The molecular formula is C13H17N3. The molecule has 1 aliphatic rings. The van der Waals surface area contributed by atoms with Crippen LogP contribution >= 0.6 is 0 Å². The second kappa shape index (κ2) is 3.86. The normalized spacial score (nSPS) is 15.9. The first-order valence-electron chi connectivity index (χ1n) is 5.76. The number of hydrogen-bond donors (Lipinski definition) is 0. The van der Waals surface area contributed by atoms with Gasteiger partial charge in [-0.05, 0) is 30.7 Å². The molecule has 0 saturated heterocycles. The van der Waals surface area contributed by atoms with Crippen LogP contribution in [0.15, 0.2) is 6.07 Å². The zero-order valence-electron chi connectivity index (χ0n) is 10.1. The van der Waals surface area contributed by atoms with Crippen molar-refractivity contribution < 1.29 is 0 Å². The molecule has 2 rings (SSSR count). The summed E-state index contributed by atoms with van der Waals surface area (Å²) < 4.78 is 0. The Kier molecular flexibility index (Phi) is 2.67. The molecule has 1 heterocycles. The van der Waals surface area contributed by atoms with Gasteiger partial charge in [-0.1, -0.05) is 20.8 Å². The van der Waals surface area contributed by atoms with E-state index in [9.17, 15) is 0 Å². The van der Waals surface area contributed by atoms with Crippen molar-refractivity contribution in [2.75, 3.05) is 0 Å². The molecule has 84 valence electrons. The molecule has 0 radical (unpaired) electrons. The van der Waals surface area contributed by atoms with E-state index in [1.807, 2.05) is 6.07 Å². The monoisotopic (exact) mass is 215 g/mol. The first-order valence-corrected chi connectivity index (χ1v) is 5.76. The molecule has 1 aliphatic carbocycles. The van der Waals surface area contributed by atoms with Gasteiger partial charge in [-0.3, -0.25) is 0 Å². The van der Waals surface area contributed by atoms with Crippen molar-refractivity contribution in [1.29, 1.82) is 5.26 Å². The number of hydrogen-bond acceptors (Lipinski definition) is 3. The van der Waals surface area contributed by atoms with Gasteiger partial charge in [-0.15, -0.1) is 0 Å². The third-order valence-corrected chi connectivity index (χ3v) is 2.56. The van der Waals surface area contributed by atoms with Gasteiger partial charge in [0.2, 0.25) is 0 Å². The van der Waals surface area contributed by atoms with E-state index in [1.54, 1.807) is 0 Å². The molecule has 3 heteroatoms. The summed E-state index contributed by atoms with van der Waals surface area (Å²) in [7, 11) is 0. The topological polar surface area (TPSA) is 49.6 Å². The van der Waals surface area contributed by atoms with Crippen LogP contribution in [0.3, 0.4) is 0 Å². The van der Waals surface area contributed by atoms with Gasteiger partial charge in [0.05, 0.1) is 0 Å². The van der Waals surface area contributed by atoms with E-state index in [0.717, 1.165) is 17.9 Å². The van der Waals surface area contributed by atoms with E-state index in [0.29, 0.717) is 11.6 Å². The molecule has 1 fully saturated rings. The lowest BCUT2D eigenvalue weighted by atomic mass is 9.90. The first-order chi connectivity index (χ1) is 7.48. The molecule has 0 aromatic carbocycles. The van der Waals surface area contributed by atoms with E-state index in [2.05, 4.69) is 36.8 Å². The van der Waals surface area contributed by atoms with Crippen molar-refractivity contribution in [3.63, 3.8) is 0 Å². The zero-order valence-corrected chi connectivity index (χ0v) is 10.1. The minimum atomic E-state index is 0.196. The Bertz CT molecular complexity index is 433. The zero-order chi connectivity index (χ0) is 11.8. The van der Waals surface area contributed by atoms with Gasteiger partial charge in [0.1, 0.15) is 17.6 Å². The molecule has 1 saturated carbocycles. The molecule has 1 aromatic rings. The van der Waals surface area contributed by atoms with Gasteiger partial charge in [-0.25, -0.2) is 9.97 Å². The Hall–Kier alpha value is -1.43. The predicted molar refractivity (Wildman–Crippen MR) is 61.9 cm³/mol. The average Bonchev–Trinajstić information content (AvgIpc) is 2.97. The third kappa shape index (κ3) is 2.79. The van der Waals surface area contributed by atoms with Crippen molar-refractivity contribution in [3.8, 4) is 6.07 Å². The number of rotatable bonds is 2. The summed E-state index contributed by atoms with van der Waals surface area (Å²) in [5, 5.41) is 8.95. The Labute approximate surface area is 96.5 Å². The van der Waals surface area contributed by atoms with Crippen molar-refractivity contribution >= 4 is 0 Å².